The van der Waals surface area contributed by atoms with Gasteiger partial charge in [0.05, 0.1) is 24.9 Å². The molecule has 0 saturated carbocycles. The number of nitrogens with one attached hydrogen (secondary N) is 1. The quantitative estimate of drug-likeness (QED) is 0.803. The van der Waals surface area contributed by atoms with Crippen molar-refractivity contribution in [2.24, 2.45) is 0 Å². The van der Waals surface area contributed by atoms with E-state index in [4.69, 9.17) is 4.74 Å². The van der Waals surface area contributed by atoms with E-state index in [1.54, 1.807) is 0 Å². The van der Waals surface area contributed by atoms with Gasteiger partial charge < -0.3 is 15.0 Å². The van der Waals surface area contributed by atoms with Crippen molar-refractivity contribution in [3.05, 3.63) is 17.8 Å². The average molecular weight is 222 g/mol. The second-order valence-electron chi connectivity index (χ2n) is 4.03. The molecule has 16 heavy (non-hydrogen) atoms. The van der Waals surface area contributed by atoms with E-state index in [9.17, 15) is 0 Å². The van der Waals surface area contributed by atoms with Crippen molar-refractivity contribution in [2.75, 3.05) is 31.7 Å². The summed E-state index contributed by atoms with van der Waals surface area (Å²) in [4.78, 5) is 2.24. The monoisotopic (exact) mass is 222 g/mol. The average Bonchev–Trinajstić information content (AvgIpc) is 2.31. The van der Waals surface area contributed by atoms with Crippen molar-refractivity contribution in [1.82, 2.24) is 15.5 Å². The first-order valence-corrected chi connectivity index (χ1v) is 5.63. The van der Waals surface area contributed by atoms with Crippen LogP contribution in [0.4, 0.5) is 5.82 Å². The van der Waals surface area contributed by atoms with Gasteiger partial charge in [0, 0.05) is 13.1 Å². The maximum Gasteiger partial charge on any atom is 0.151 e. The molecule has 0 aromatic carbocycles. The van der Waals surface area contributed by atoms with Crippen LogP contribution in [0.5, 0.6) is 0 Å². The fourth-order valence-electron chi connectivity index (χ4n) is 1.85. The lowest BCUT2D eigenvalue weighted by Crippen LogP contribution is -2.44. The maximum atomic E-state index is 5.40. The Bertz CT molecular complexity index is 327. The van der Waals surface area contributed by atoms with Crippen LogP contribution in [0.3, 0.4) is 0 Å². The van der Waals surface area contributed by atoms with Gasteiger partial charge in [-0.3, -0.25) is 0 Å². The molecule has 1 aliphatic heterocycles. The second-order valence-corrected chi connectivity index (χ2v) is 4.03. The molecule has 88 valence electrons. The van der Waals surface area contributed by atoms with Crippen molar-refractivity contribution in [3.63, 3.8) is 0 Å². The van der Waals surface area contributed by atoms with Gasteiger partial charge in [-0.2, -0.15) is 5.10 Å². The van der Waals surface area contributed by atoms with Crippen LogP contribution in [0, 0.1) is 0 Å². The first kappa shape index (κ1) is 11.3. The van der Waals surface area contributed by atoms with E-state index in [0.29, 0.717) is 6.04 Å². The van der Waals surface area contributed by atoms with E-state index < -0.39 is 0 Å². The van der Waals surface area contributed by atoms with Gasteiger partial charge >= 0.3 is 0 Å². The molecule has 0 bridgehead atoms. The fraction of sp³-hybridized carbons (Fsp3) is 0.636. The highest BCUT2D eigenvalue weighted by atomic mass is 16.5. The minimum absolute atomic E-state index is 0.373. The summed E-state index contributed by atoms with van der Waals surface area (Å²) in [7, 11) is 1.90. The molecule has 0 radical (unpaired) electrons. The molecule has 2 rings (SSSR count). The summed E-state index contributed by atoms with van der Waals surface area (Å²) < 4.78 is 5.40. The molecule has 0 spiro atoms. The first-order chi connectivity index (χ1) is 7.81. The maximum absolute atomic E-state index is 5.40. The van der Waals surface area contributed by atoms with E-state index in [1.807, 2.05) is 19.2 Å². The van der Waals surface area contributed by atoms with Gasteiger partial charge in [-0.25, -0.2) is 0 Å². The zero-order valence-electron chi connectivity index (χ0n) is 9.81. The van der Waals surface area contributed by atoms with Gasteiger partial charge in [0.1, 0.15) is 0 Å². The van der Waals surface area contributed by atoms with Gasteiger partial charge in [-0.05, 0) is 26.1 Å². The predicted molar refractivity (Wildman–Crippen MR) is 62.4 cm³/mol. The zero-order valence-corrected chi connectivity index (χ0v) is 9.81. The molecule has 1 unspecified atom stereocenters. The largest absolute Gasteiger partial charge is 0.377 e. The van der Waals surface area contributed by atoms with E-state index >= 15 is 0 Å². The van der Waals surface area contributed by atoms with Crippen LogP contribution in [0.2, 0.25) is 0 Å². The summed E-state index contributed by atoms with van der Waals surface area (Å²) in [6.07, 6.45) is 0. The van der Waals surface area contributed by atoms with Crippen LogP contribution in [0.25, 0.3) is 0 Å². The Morgan fingerprint density at radius 3 is 3.00 bits per heavy atom. The lowest BCUT2D eigenvalue weighted by Gasteiger charge is -2.33. The molecular weight excluding hydrogens is 204 g/mol. The lowest BCUT2D eigenvalue weighted by molar-refractivity contribution is 0.0984. The van der Waals surface area contributed by atoms with E-state index in [0.717, 1.165) is 37.8 Å². The van der Waals surface area contributed by atoms with Gasteiger partial charge in [0.2, 0.25) is 0 Å². The molecule has 1 N–H and O–H groups in total. The van der Waals surface area contributed by atoms with Crippen LogP contribution < -0.4 is 10.2 Å². The molecule has 0 aliphatic carbocycles. The number of aromatic nitrogens is 2. The topological polar surface area (TPSA) is 50.3 Å². The molecule has 5 nitrogen and oxygen atoms in total. The van der Waals surface area contributed by atoms with Crippen molar-refractivity contribution in [3.8, 4) is 0 Å². The Labute approximate surface area is 95.8 Å². The molecule has 1 fully saturated rings. The van der Waals surface area contributed by atoms with Gasteiger partial charge in [-0.1, -0.05) is 0 Å². The Balaban J connectivity index is 2.08. The van der Waals surface area contributed by atoms with E-state index in [2.05, 4.69) is 27.3 Å². The summed E-state index contributed by atoms with van der Waals surface area (Å²) in [6, 6.07) is 4.42. The van der Waals surface area contributed by atoms with Crippen molar-refractivity contribution < 1.29 is 4.74 Å². The second kappa shape index (κ2) is 5.23. The highest BCUT2D eigenvalue weighted by Crippen LogP contribution is 2.15. The number of morpholine rings is 1. The van der Waals surface area contributed by atoms with Crippen LogP contribution >= 0.6 is 0 Å². The lowest BCUT2D eigenvalue weighted by atomic mass is 10.2. The number of anilines is 1. The van der Waals surface area contributed by atoms with E-state index in [-0.39, 0.29) is 0 Å². The Morgan fingerprint density at radius 2 is 2.38 bits per heavy atom. The number of hydrogen-bond donors (Lipinski definition) is 1. The molecule has 1 atom stereocenters. The summed E-state index contributed by atoms with van der Waals surface area (Å²) >= 11 is 0. The van der Waals surface area contributed by atoms with Crippen LogP contribution in [-0.2, 0) is 11.3 Å². The summed E-state index contributed by atoms with van der Waals surface area (Å²) in [5.74, 6) is 0.940. The Hall–Kier alpha value is -1.20. The molecule has 0 amide bonds. The summed E-state index contributed by atoms with van der Waals surface area (Å²) in [5, 5.41) is 11.5. The highest BCUT2D eigenvalue weighted by molar-refractivity contribution is 5.39. The smallest absolute Gasteiger partial charge is 0.151 e. The van der Waals surface area contributed by atoms with E-state index in [1.165, 1.54) is 0 Å². The van der Waals surface area contributed by atoms with Crippen molar-refractivity contribution >= 4 is 5.82 Å². The number of ether oxygens (including phenoxy) is 1. The number of nitrogens with zero attached hydrogens (tertiary/aromatic N) is 3. The van der Waals surface area contributed by atoms with Crippen molar-refractivity contribution in [2.45, 2.75) is 19.5 Å². The van der Waals surface area contributed by atoms with Crippen LogP contribution in [-0.4, -0.2) is 43.0 Å². The highest BCUT2D eigenvalue weighted by Gasteiger charge is 2.20. The minimum Gasteiger partial charge on any atom is -0.377 e. The number of hydrogen-bond acceptors (Lipinski definition) is 5. The van der Waals surface area contributed by atoms with Gasteiger partial charge in [0.25, 0.3) is 0 Å². The number of rotatable bonds is 3. The summed E-state index contributed by atoms with van der Waals surface area (Å²) in [5.41, 5.74) is 0.965. The van der Waals surface area contributed by atoms with Crippen LogP contribution in [0.15, 0.2) is 12.1 Å². The standard InChI is InChI=1S/C11H18N4O/c1-9-8-16-6-5-15(9)11-4-3-10(7-12-2)13-14-11/h3-4,9,12H,5-8H2,1-2H3. The third-order valence-corrected chi connectivity index (χ3v) is 2.73. The molecule has 1 aromatic heterocycles. The first-order valence-electron chi connectivity index (χ1n) is 5.63. The molecule has 1 saturated heterocycles. The minimum atomic E-state index is 0.373. The fourth-order valence-corrected chi connectivity index (χ4v) is 1.85. The van der Waals surface area contributed by atoms with Gasteiger partial charge in [0.15, 0.2) is 5.82 Å². The predicted octanol–water partition coefficient (Wildman–Crippen LogP) is 0.421. The van der Waals surface area contributed by atoms with Crippen LogP contribution in [0.1, 0.15) is 12.6 Å². The van der Waals surface area contributed by atoms with Crippen molar-refractivity contribution in [1.29, 1.82) is 0 Å². The SMILES string of the molecule is CNCc1ccc(N2CCOCC2C)nn1. The molecule has 1 aliphatic rings. The zero-order chi connectivity index (χ0) is 11.4. The third-order valence-electron chi connectivity index (χ3n) is 2.73. The molecule has 5 heteroatoms. The Kier molecular flexibility index (Phi) is 3.69. The van der Waals surface area contributed by atoms with Gasteiger partial charge in [-0.15, -0.1) is 5.10 Å². The molecular formula is C11H18N4O. The third kappa shape index (κ3) is 2.48. The molecule has 1 aromatic rings. The Morgan fingerprint density at radius 1 is 1.50 bits per heavy atom. The normalized spacial score (nSPS) is 21.1. The molecule has 2 heterocycles. The summed E-state index contributed by atoms with van der Waals surface area (Å²) in [6.45, 7) is 5.32.